The molecule has 1 fully saturated rings. The second kappa shape index (κ2) is 6.62. The molecule has 0 bridgehead atoms. The Morgan fingerprint density at radius 1 is 1.32 bits per heavy atom. The first kappa shape index (κ1) is 15.2. The molecule has 1 aliphatic rings. The third-order valence-corrected chi connectivity index (χ3v) is 5.87. The van der Waals surface area contributed by atoms with Gasteiger partial charge in [0.2, 0.25) is 11.8 Å². The minimum atomic E-state index is -0.179. The number of nitrogens with one attached hydrogen (secondary N) is 1. The average Bonchev–Trinajstić information content (AvgIpc) is 3.20. The van der Waals surface area contributed by atoms with Gasteiger partial charge in [0.1, 0.15) is 0 Å². The maximum atomic E-state index is 12.6. The molecule has 0 saturated carbocycles. The number of thiophene rings is 2. The van der Waals surface area contributed by atoms with Crippen molar-refractivity contribution in [1.82, 2.24) is 10.2 Å². The fraction of sp³-hybridized carbons (Fsp3) is 0.375. The Morgan fingerprint density at radius 3 is 2.77 bits per heavy atom. The van der Waals surface area contributed by atoms with E-state index in [1.54, 1.807) is 34.6 Å². The smallest absolute Gasteiger partial charge is 0.225 e. The van der Waals surface area contributed by atoms with E-state index >= 15 is 0 Å². The number of amides is 2. The molecule has 1 saturated heterocycles. The molecule has 0 aliphatic carbocycles. The molecule has 2 atom stereocenters. The molecule has 0 radical (unpaired) electrons. The minimum Gasteiger partial charge on any atom is -0.351 e. The van der Waals surface area contributed by atoms with E-state index in [0.29, 0.717) is 19.4 Å². The molecule has 116 valence electrons. The maximum Gasteiger partial charge on any atom is 0.225 e. The lowest BCUT2D eigenvalue weighted by Gasteiger charge is -2.37. The minimum absolute atomic E-state index is 0.0335. The molecule has 3 heterocycles. The SMILES string of the molecule is CN1C(=O)CC[C@@H](C(=O)NCc2cccs2)[C@H]1c1cccs1. The Balaban J connectivity index is 1.74. The van der Waals surface area contributed by atoms with Gasteiger partial charge in [0, 0.05) is 23.2 Å². The van der Waals surface area contributed by atoms with E-state index < -0.39 is 0 Å². The van der Waals surface area contributed by atoms with Gasteiger partial charge in [-0.25, -0.2) is 0 Å². The zero-order chi connectivity index (χ0) is 15.5. The fourth-order valence-corrected chi connectivity index (χ4v) is 4.46. The van der Waals surface area contributed by atoms with Crippen LogP contribution in [0.4, 0.5) is 0 Å². The van der Waals surface area contributed by atoms with Gasteiger partial charge in [0.15, 0.2) is 0 Å². The van der Waals surface area contributed by atoms with Crippen molar-refractivity contribution in [2.24, 2.45) is 5.92 Å². The van der Waals surface area contributed by atoms with E-state index in [4.69, 9.17) is 0 Å². The number of carbonyl (C=O) groups is 2. The van der Waals surface area contributed by atoms with Gasteiger partial charge in [0.05, 0.1) is 18.5 Å². The Hall–Kier alpha value is -1.66. The van der Waals surface area contributed by atoms with Crippen LogP contribution in [0.15, 0.2) is 35.0 Å². The van der Waals surface area contributed by atoms with Crippen LogP contribution < -0.4 is 5.32 Å². The third kappa shape index (κ3) is 3.08. The molecule has 2 aromatic heterocycles. The molecular formula is C16H18N2O2S2. The van der Waals surface area contributed by atoms with Crippen molar-refractivity contribution in [2.75, 3.05) is 7.05 Å². The second-order valence-corrected chi connectivity index (χ2v) is 7.42. The topological polar surface area (TPSA) is 49.4 Å². The van der Waals surface area contributed by atoms with Crippen molar-refractivity contribution in [1.29, 1.82) is 0 Å². The van der Waals surface area contributed by atoms with E-state index in [-0.39, 0.29) is 23.8 Å². The van der Waals surface area contributed by atoms with E-state index in [2.05, 4.69) is 5.32 Å². The second-order valence-electron chi connectivity index (χ2n) is 5.41. The quantitative estimate of drug-likeness (QED) is 0.934. The third-order valence-electron chi connectivity index (χ3n) is 4.05. The van der Waals surface area contributed by atoms with Gasteiger partial charge in [-0.1, -0.05) is 12.1 Å². The van der Waals surface area contributed by atoms with E-state index in [0.717, 1.165) is 9.75 Å². The molecule has 22 heavy (non-hydrogen) atoms. The van der Waals surface area contributed by atoms with Gasteiger partial charge in [-0.3, -0.25) is 9.59 Å². The van der Waals surface area contributed by atoms with Crippen LogP contribution in [-0.4, -0.2) is 23.8 Å². The van der Waals surface area contributed by atoms with E-state index in [1.165, 1.54) is 0 Å². The number of hydrogen-bond acceptors (Lipinski definition) is 4. The highest BCUT2D eigenvalue weighted by Crippen LogP contribution is 2.37. The maximum absolute atomic E-state index is 12.6. The van der Waals surface area contributed by atoms with E-state index in [9.17, 15) is 9.59 Å². The van der Waals surface area contributed by atoms with Crippen molar-refractivity contribution < 1.29 is 9.59 Å². The highest BCUT2D eigenvalue weighted by Gasteiger charge is 2.39. The van der Waals surface area contributed by atoms with Gasteiger partial charge < -0.3 is 10.2 Å². The Bertz CT molecular complexity index is 637. The zero-order valence-corrected chi connectivity index (χ0v) is 14.0. The Morgan fingerprint density at radius 2 is 2.09 bits per heavy atom. The number of hydrogen-bond donors (Lipinski definition) is 1. The summed E-state index contributed by atoms with van der Waals surface area (Å²) in [4.78, 5) is 28.6. The van der Waals surface area contributed by atoms with E-state index in [1.807, 2.05) is 35.0 Å². The van der Waals surface area contributed by atoms with Gasteiger partial charge >= 0.3 is 0 Å². The summed E-state index contributed by atoms with van der Waals surface area (Å²) in [6.45, 7) is 0.557. The van der Waals surface area contributed by atoms with Crippen LogP contribution in [0.2, 0.25) is 0 Å². The van der Waals surface area contributed by atoms with Gasteiger partial charge in [-0.2, -0.15) is 0 Å². The summed E-state index contributed by atoms with van der Waals surface area (Å²) in [6, 6.07) is 7.81. The molecule has 3 rings (SSSR count). The predicted molar refractivity (Wildman–Crippen MR) is 88.7 cm³/mol. The molecule has 1 aliphatic heterocycles. The van der Waals surface area contributed by atoms with Crippen LogP contribution in [0.25, 0.3) is 0 Å². The molecule has 2 aromatic rings. The Kier molecular flexibility index (Phi) is 4.59. The molecule has 2 amide bonds. The lowest BCUT2D eigenvalue weighted by Crippen LogP contribution is -2.45. The summed E-state index contributed by atoms with van der Waals surface area (Å²) < 4.78 is 0. The van der Waals surface area contributed by atoms with Crippen molar-refractivity contribution >= 4 is 34.5 Å². The molecular weight excluding hydrogens is 316 g/mol. The molecule has 0 unspecified atom stereocenters. The first-order chi connectivity index (χ1) is 10.7. The van der Waals surface area contributed by atoms with Crippen molar-refractivity contribution in [3.8, 4) is 0 Å². The summed E-state index contributed by atoms with van der Waals surface area (Å²) in [7, 11) is 1.80. The highest BCUT2D eigenvalue weighted by molar-refractivity contribution is 7.10. The summed E-state index contributed by atoms with van der Waals surface area (Å²) in [6.07, 6.45) is 1.05. The van der Waals surface area contributed by atoms with Crippen LogP contribution in [0.5, 0.6) is 0 Å². The monoisotopic (exact) mass is 334 g/mol. The zero-order valence-electron chi connectivity index (χ0n) is 12.3. The summed E-state index contributed by atoms with van der Waals surface area (Å²) in [5.74, 6) is -0.0341. The molecule has 6 heteroatoms. The first-order valence-electron chi connectivity index (χ1n) is 7.26. The Labute approximate surface area is 137 Å². The van der Waals surface area contributed by atoms with Crippen LogP contribution in [0.3, 0.4) is 0 Å². The van der Waals surface area contributed by atoms with Crippen LogP contribution in [0.1, 0.15) is 28.6 Å². The van der Waals surface area contributed by atoms with Crippen LogP contribution in [0, 0.1) is 5.92 Å². The van der Waals surface area contributed by atoms with Gasteiger partial charge in [0.25, 0.3) is 0 Å². The predicted octanol–water partition coefficient (Wildman–Crippen LogP) is 3.04. The average molecular weight is 334 g/mol. The van der Waals surface area contributed by atoms with Crippen LogP contribution in [-0.2, 0) is 16.1 Å². The molecule has 0 spiro atoms. The largest absolute Gasteiger partial charge is 0.351 e. The van der Waals surface area contributed by atoms with Crippen LogP contribution >= 0.6 is 22.7 Å². The summed E-state index contributed by atoms with van der Waals surface area (Å²) in [5.41, 5.74) is 0. The van der Waals surface area contributed by atoms with Crippen molar-refractivity contribution in [2.45, 2.75) is 25.4 Å². The summed E-state index contributed by atoms with van der Waals surface area (Å²) in [5, 5.41) is 7.01. The molecule has 0 aromatic carbocycles. The standard InChI is InChI=1S/C16H18N2O2S2/c1-18-14(19)7-6-12(15(18)13-5-3-9-22-13)16(20)17-10-11-4-2-8-21-11/h2-5,8-9,12,15H,6-7,10H2,1H3,(H,17,20)/t12-,15+/m1/s1. The number of likely N-dealkylation sites (tertiary alicyclic amines) is 1. The highest BCUT2D eigenvalue weighted by atomic mass is 32.1. The molecule has 4 nitrogen and oxygen atoms in total. The normalized spacial score (nSPS) is 21.9. The van der Waals surface area contributed by atoms with Crippen molar-refractivity contribution in [3.05, 3.63) is 44.8 Å². The summed E-state index contributed by atoms with van der Waals surface area (Å²) >= 11 is 3.23. The van der Waals surface area contributed by atoms with Gasteiger partial charge in [-0.05, 0) is 29.3 Å². The van der Waals surface area contributed by atoms with Gasteiger partial charge in [-0.15, -0.1) is 22.7 Å². The lowest BCUT2D eigenvalue weighted by molar-refractivity contribution is -0.141. The number of nitrogens with zero attached hydrogens (tertiary/aromatic N) is 1. The lowest BCUT2D eigenvalue weighted by atomic mass is 9.87. The number of piperidine rings is 1. The van der Waals surface area contributed by atoms with Crippen molar-refractivity contribution in [3.63, 3.8) is 0 Å². The first-order valence-corrected chi connectivity index (χ1v) is 9.02. The number of rotatable bonds is 4. The number of carbonyl (C=O) groups excluding carboxylic acids is 2. The molecule has 1 N–H and O–H groups in total. The fourth-order valence-electron chi connectivity index (χ4n) is 2.88.